The molecule has 0 saturated carbocycles. The summed E-state index contributed by atoms with van der Waals surface area (Å²) < 4.78 is 19.0. The Morgan fingerprint density at radius 3 is 2.62 bits per heavy atom. The van der Waals surface area contributed by atoms with Gasteiger partial charge >= 0.3 is 0 Å². The van der Waals surface area contributed by atoms with Gasteiger partial charge in [0.05, 0.1) is 11.1 Å². The van der Waals surface area contributed by atoms with E-state index in [1.165, 1.54) is 0 Å². The van der Waals surface area contributed by atoms with Crippen LogP contribution in [0.25, 0.3) is 22.0 Å². The lowest BCUT2D eigenvalue weighted by Crippen LogP contribution is -1.99. The van der Waals surface area contributed by atoms with Crippen molar-refractivity contribution in [3.8, 4) is 22.6 Å². The normalized spacial score (nSPS) is 11.0. The average molecular weight is 391 g/mol. The molecule has 0 saturated heterocycles. The Labute approximate surface area is 149 Å². The van der Waals surface area contributed by atoms with Crippen LogP contribution in [0, 0.1) is 0 Å². The molecule has 24 heavy (non-hydrogen) atoms. The molecule has 0 unspecified atom stereocenters. The van der Waals surface area contributed by atoms with E-state index in [0.29, 0.717) is 6.61 Å². The molecular formula is C18H19BrN2O3. The zero-order valence-corrected chi connectivity index (χ0v) is 15.5. The highest BCUT2D eigenvalue weighted by Gasteiger charge is 2.12. The fourth-order valence-corrected chi connectivity index (χ4v) is 2.93. The number of aromatic nitrogens is 2. The van der Waals surface area contributed by atoms with Crippen molar-refractivity contribution in [2.45, 2.75) is 6.92 Å². The van der Waals surface area contributed by atoms with Crippen LogP contribution in [0.2, 0.25) is 0 Å². The van der Waals surface area contributed by atoms with Crippen molar-refractivity contribution in [1.82, 2.24) is 9.78 Å². The van der Waals surface area contributed by atoms with Gasteiger partial charge in [-0.3, -0.25) is 4.68 Å². The lowest BCUT2D eigenvalue weighted by Gasteiger charge is -2.11. The lowest BCUT2D eigenvalue weighted by molar-refractivity contribution is 0.0506. The van der Waals surface area contributed by atoms with Crippen LogP contribution in [0.3, 0.4) is 0 Å². The Bertz CT molecular complexity index is 861. The van der Waals surface area contributed by atoms with Gasteiger partial charge < -0.3 is 14.2 Å². The van der Waals surface area contributed by atoms with Gasteiger partial charge in [-0.05, 0) is 58.2 Å². The number of benzene rings is 2. The van der Waals surface area contributed by atoms with E-state index in [4.69, 9.17) is 14.2 Å². The zero-order chi connectivity index (χ0) is 17.1. The highest BCUT2D eigenvalue weighted by Crippen LogP contribution is 2.35. The molecule has 5 nitrogen and oxygen atoms in total. The summed E-state index contributed by atoms with van der Waals surface area (Å²) in [6.45, 7) is 2.77. The number of halogens is 1. The summed E-state index contributed by atoms with van der Waals surface area (Å²) >= 11 is 3.50. The largest absolute Gasteiger partial charge is 0.491 e. The van der Waals surface area contributed by atoms with Gasteiger partial charge in [0.25, 0.3) is 0 Å². The minimum atomic E-state index is 0.202. The molecule has 0 atom stereocenters. The molecule has 6 heteroatoms. The van der Waals surface area contributed by atoms with Gasteiger partial charge in [0.15, 0.2) is 6.79 Å². The smallest absolute Gasteiger partial charge is 0.188 e. The Morgan fingerprint density at radius 2 is 1.88 bits per heavy atom. The predicted molar refractivity (Wildman–Crippen MR) is 97.5 cm³/mol. The Morgan fingerprint density at radius 1 is 1.08 bits per heavy atom. The number of nitrogens with zero attached hydrogens (tertiary/aromatic N) is 2. The SMILES string of the molecule is CCOc1cc(-c2ccc(Br)c(OCOC)c2)cc2cn(C)nc12. The number of methoxy groups -OCH3 is 1. The third-order valence-electron chi connectivity index (χ3n) is 3.58. The Balaban J connectivity index is 2.08. The minimum Gasteiger partial charge on any atom is -0.491 e. The maximum absolute atomic E-state index is 5.78. The molecule has 126 valence electrons. The van der Waals surface area contributed by atoms with Crippen molar-refractivity contribution in [3.05, 3.63) is 41.0 Å². The lowest BCUT2D eigenvalue weighted by atomic mass is 10.0. The first kappa shape index (κ1) is 16.8. The van der Waals surface area contributed by atoms with Crippen LogP contribution in [0.4, 0.5) is 0 Å². The van der Waals surface area contributed by atoms with Crippen molar-refractivity contribution >= 4 is 26.8 Å². The molecule has 0 aliphatic carbocycles. The average Bonchev–Trinajstić information content (AvgIpc) is 2.95. The van der Waals surface area contributed by atoms with Crippen LogP contribution in [-0.2, 0) is 11.8 Å². The van der Waals surface area contributed by atoms with Gasteiger partial charge in [-0.2, -0.15) is 5.10 Å². The number of hydrogen-bond acceptors (Lipinski definition) is 4. The van der Waals surface area contributed by atoms with Crippen LogP contribution in [0.1, 0.15) is 6.92 Å². The Kier molecular flexibility index (Phi) is 5.06. The summed E-state index contributed by atoms with van der Waals surface area (Å²) in [6.07, 6.45) is 1.99. The second-order valence-corrected chi connectivity index (χ2v) is 6.20. The van der Waals surface area contributed by atoms with E-state index in [1.807, 2.05) is 44.4 Å². The van der Waals surface area contributed by atoms with Crippen molar-refractivity contribution in [2.75, 3.05) is 20.5 Å². The molecular weight excluding hydrogens is 372 g/mol. The van der Waals surface area contributed by atoms with Crippen LogP contribution in [-0.4, -0.2) is 30.3 Å². The van der Waals surface area contributed by atoms with E-state index in [0.717, 1.165) is 38.0 Å². The van der Waals surface area contributed by atoms with Gasteiger partial charge in [-0.15, -0.1) is 0 Å². The van der Waals surface area contributed by atoms with E-state index in [-0.39, 0.29) is 6.79 Å². The number of aryl methyl sites for hydroxylation is 1. The first-order valence-electron chi connectivity index (χ1n) is 7.64. The van der Waals surface area contributed by atoms with Crippen LogP contribution in [0.15, 0.2) is 41.0 Å². The predicted octanol–water partition coefficient (Wildman–Crippen LogP) is 4.38. The molecule has 0 fully saturated rings. The monoisotopic (exact) mass is 390 g/mol. The van der Waals surface area contributed by atoms with Gasteiger partial charge in [0, 0.05) is 25.7 Å². The standard InChI is InChI=1S/C18H19BrN2O3/c1-4-23-17-9-13(7-14-10-21(2)20-18(14)17)12-5-6-15(19)16(8-12)24-11-22-3/h5-10H,4,11H2,1-3H3. The van der Waals surface area contributed by atoms with Crippen LogP contribution < -0.4 is 9.47 Å². The van der Waals surface area contributed by atoms with E-state index >= 15 is 0 Å². The van der Waals surface area contributed by atoms with Crippen molar-refractivity contribution in [3.63, 3.8) is 0 Å². The first-order valence-corrected chi connectivity index (χ1v) is 8.43. The molecule has 3 rings (SSSR count). The molecule has 3 aromatic rings. The maximum atomic E-state index is 5.78. The molecule has 0 aliphatic heterocycles. The first-order chi connectivity index (χ1) is 11.6. The van der Waals surface area contributed by atoms with Gasteiger partial charge in [0.1, 0.15) is 17.0 Å². The van der Waals surface area contributed by atoms with Gasteiger partial charge in [0.2, 0.25) is 0 Å². The fourth-order valence-electron chi connectivity index (χ4n) is 2.57. The third kappa shape index (κ3) is 3.39. The van der Waals surface area contributed by atoms with Crippen molar-refractivity contribution in [1.29, 1.82) is 0 Å². The summed E-state index contributed by atoms with van der Waals surface area (Å²) in [4.78, 5) is 0. The van der Waals surface area contributed by atoms with Gasteiger partial charge in [-0.25, -0.2) is 0 Å². The molecule has 0 spiro atoms. The summed E-state index contributed by atoms with van der Waals surface area (Å²) in [6, 6.07) is 10.1. The maximum Gasteiger partial charge on any atom is 0.188 e. The second-order valence-electron chi connectivity index (χ2n) is 5.34. The van der Waals surface area contributed by atoms with Crippen molar-refractivity contribution in [2.24, 2.45) is 7.05 Å². The quantitative estimate of drug-likeness (QED) is 0.585. The van der Waals surface area contributed by atoms with Gasteiger partial charge in [-0.1, -0.05) is 6.07 Å². The summed E-state index contributed by atoms with van der Waals surface area (Å²) in [5.74, 6) is 1.52. The highest BCUT2D eigenvalue weighted by molar-refractivity contribution is 9.10. The zero-order valence-electron chi connectivity index (χ0n) is 13.9. The topological polar surface area (TPSA) is 45.5 Å². The number of hydrogen-bond donors (Lipinski definition) is 0. The van der Waals surface area contributed by atoms with Crippen molar-refractivity contribution < 1.29 is 14.2 Å². The minimum absolute atomic E-state index is 0.202. The number of rotatable bonds is 6. The fraction of sp³-hybridized carbons (Fsp3) is 0.278. The summed E-state index contributed by atoms with van der Waals surface area (Å²) in [7, 11) is 3.51. The van der Waals surface area contributed by atoms with E-state index in [9.17, 15) is 0 Å². The molecule has 1 heterocycles. The number of fused-ring (bicyclic) bond motifs is 1. The molecule has 0 radical (unpaired) electrons. The highest BCUT2D eigenvalue weighted by atomic mass is 79.9. The summed E-state index contributed by atoms with van der Waals surface area (Å²) in [5.41, 5.74) is 2.96. The number of ether oxygens (including phenoxy) is 3. The molecule has 0 amide bonds. The van der Waals surface area contributed by atoms with E-state index in [2.05, 4.69) is 27.1 Å². The molecule has 0 aliphatic rings. The van der Waals surface area contributed by atoms with E-state index < -0.39 is 0 Å². The van der Waals surface area contributed by atoms with Crippen LogP contribution >= 0.6 is 15.9 Å². The second kappa shape index (κ2) is 7.23. The molecule has 2 aromatic carbocycles. The molecule has 0 bridgehead atoms. The molecule has 1 aromatic heterocycles. The third-order valence-corrected chi connectivity index (χ3v) is 4.24. The molecule has 0 N–H and O–H groups in total. The Hall–Kier alpha value is -2.05. The van der Waals surface area contributed by atoms with Crippen LogP contribution in [0.5, 0.6) is 11.5 Å². The van der Waals surface area contributed by atoms with E-state index in [1.54, 1.807) is 11.8 Å². The summed E-state index contributed by atoms with van der Waals surface area (Å²) in [5, 5.41) is 5.52.